The molecule has 0 saturated carbocycles. The number of nitrogens with two attached hydrogens (primary N) is 2. The Morgan fingerprint density at radius 2 is 1.40 bits per heavy atom. The van der Waals surface area contributed by atoms with Crippen molar-refractivity contribution in [2.75, 3.05) is 11.5 Å². The van der Waals surface area contributed by atoms with Crippen molar-refractivity contribution in [3.05, 3.63) is 35.9 Å². The summed E-state index contributed by atoms with van der Waals surface area (Å²) >= 11 is 0. The molecule has 0 aromatic heterocycles. The van der Waals surface area contributed by atoms with Gasteiger partial charge in [0, 0.05) is 0 Å². The van der Waals surface area contributed by atoms with E-state index in [0.717, 1.165) is 6.42 Å². The van der Waals surface area contributed by atoms with Crippen LogP contribution in [0.4, 0.5) is 11.4 Å². The largest absolute Gasteiger partial charge is 0.397 e. The van der Waals surface area contributed by atoms with Gasteiger partial charge in [-0.1, -0.05) is 57.2 Å². The fourth-order valence-electron chi connectivity index (χ4n) is 2.65. The maximum Gasteiger partial charge on any atom is 0.0554 e. The SMILES string of the molecule is CCCCCCCCc1ccc2cc(N)c(N)cc2c1. The molecule has 0 aliphatic heterocycles. The summed E-state index contributed by atoms with van der Waals surface area (Å²) in [4.78, 5) is 0. The van der Waals surface area contributed by atoms with E-state index in [-0.39, 0.29) is 0 Å². The van der Waals surface area contributed by atoms with Gasteiger partial charge in [0.2, 0.25) is 0 Å². The molecular weight excluding hydrogens is 244 g/mol. The summed E-state index contributed by atoms with van der Waals surface area (Å²) in [6.45, 7) is 2.26. The van der Waals surface area contributed by atoms with Crippen LogP contribution < -0.4 is 11.5 Å². The molecule has 0 bridgehead atoms. The first kappa shape index (κ1) is 14.7. The van der Waals surface area contributed by atoms with Crippen LogP contribution in [0.2, 0.25) is 0 Å². The number of benzene rings is 2. The molecule has 0 spiro atoms. The maximum atomic E-state index is 5.88. The number of unbranched alkanes of at least 4 members (excludes halogenated alkanes) is 5. The van der Waals surface area contributed by atoms with E-state index in [4.69, 9.17) is 11.5 Å². The molecule has 0 amide bonds. The molecule has 0 heterocycles. The molecular formula is C18H26N2. The van der Waals surface area contributed by atoms with Crippen molar-refractivity contribution in [1.82, 2.24) is 0 Å². The third kappa shape index (κ3) is 3.89. The highest BCUT2D eigenvalue weighted by molar-refractivity contribution is 5.91. The molecule has 0 radical (unpaired) electrons. The van der Waals surface area contributed by atoms with E-state index >= 15 is 0 Å². The van der Waals surface area contributed by atoms with Crippen LogP contribution in [0.15, 0.2) is 30.3 Å². The van der Waals surface area contributed by atoms with Crippen LogP contribution in [-0.4, -0.2) is 0 Å². The van der Waals surface area contributed by atoms with E-state index in [0.29, 0.717) is 11.4 Å². The Bertz CT molecular complexity index is 561. The van der Waals surface area contributed by atoms with Gasteiger partial charge in [0.1, 0.15) is 0 Å². The van der Waals surface area contributed by atoms with Gasteiger partial charge in [0.05, 0.1) is 11.4 Å². The normalized spacial score (nSPS) is 11.1. The van der Waals surface area contributed by atoms with E-state index in [1.807, 2.05) is 12.1 Å². The van der Waals surface area contributed by atoms with Gasteiger partial charge in [-0.15, -0.1) is 0 Å². The van der Waals surface area contributed by atoms with Gasteiger partial charge in [-0.3, -0.25) is 0 Å². The Labute approximate surface area is 122 Å². The highest BCUT2D eigenvalue weighted by Crippen LogP contribution is 2.25. The summed E-state index contributed by atoms with van der Waals surface area (Å²) in [6.07, 6.45) is 9.20. The molecule has 20 heavy (non-hydrogen) atoms. The van der Waals surface area contributed by atoms with Crippen molar-refractivity contribution < 1.29 is 0 Å². The molecule has 0 aliphatic carbocycles. The summed E-state index contributed by atoms with van der Waals surface area (Å²) in [6, 6.07) is 10.5. The van der Waals surface area contributed by atoms with Crippen molar-refractivity contribution in [2.45, 2.75) is 51.9 Å². The molecule has 2 aromatic rings. The summed E-state index contributed by atoms with van der Waals surface area (Å²) in [7, 11) is 0. The molecule has 0 unspecified atom stereocenters. The number of aryl methyl sites for hydroxylation is 1. The molecule has 2 rings (SSSR count). The Morgan fingerprint density at radius 1 is 0.750 bits per heavy atom. The fraction of sp³-hybridized carbons (Fsp3) is 0.444. The van der Waals surface area contributed by atoms with Gasteiger partial charge in [-0.2, -0.15) is 0 Å². The molecule has 0 atom stereocenters. The molecule has 2 aromatic carbocycles. The number of rotatable bonds is 7. The lowest BCUT2D eigenvalue weighted by Crippen LogP contribution is -1.94. The Morgan fingerprint density at radius 3 is 2.15 bits per heavy atom. The van der Waals surface area contributed by atoms with E-state index in [9.17, 15) is 0 Å². The lowest BCUT2D eigenvalue weighted by Gasteiger charge is -2.07. The number of hydrogen-bond donors (Lipinski definition) is 2. The average molecular weight is 270 g/mol. The van der Waals surface area contributed by atoms with Crippen LogP contribution in [0.5, 0.6) is 0 Å². The van der Waals surface area contributed by atoms with Gasteiger partial charge in [-0.05, 0) is 41.3 Å². The molecule has 2 heteroatoms. The van der Waals surface area contributed by atoms with Gasteiger partial charge < -0.3 is 11.5 Å². The van der Waals surface area contributed by atoms with Crippen LogP contribution in [0.25, 0.3) is 10.8 Å². The number of fused-ring (bicyclic) bond motifs is 1. The van der Waals surface area contributed by atoms with Crippen LogP contribution in [0, 0.1) is 0 Å². The molecule has 0 fully saturated rings. The second-order valence-corrected chi connectivity index (χ2v) is 5.68. The summed E-state index contributed by atoms with van der Waals surface area (Å²) in [5.74, 6) is 0. The van der Waals surface area contributed by atoms with E-state index < -0.39 is 0 Å². The zero-order chi connectivity index (χ0) is 14.4. The summed E-state index contributed by atoms with van der Waals surface area (Å²) in [5, 5.41) is 2.36. The zero-order valence-corrected chi connectivity index (χ0v) is 12.5. The van der Waals surface area contributed by atoms with Crippen LogP contribution in [0.3, 0.4) is 0 Å². The van der Waals surface area contributed by atoms with Crippen molar-refractivity contribution >= 4 is 22.1 Å². The molecule has 0 saturated heterocycles. The first-order chi connectivity index (χ1) is 9.70. The first-order valence-corrected chi connectivity index (χ1v) is 7.78. The monoisotopic (exact) mass is 270 g/mol. The molecule has 2 nitrogen and oxygen atoms in total. The van der Waals surface area contributed by atoms with Crippen LogP contribution >= 0.6 is 0 Å². The second-order valence-electron chi connectivity index (χ2n) is 5.68. The lowest BCUT2D eigenvalue weighted by molar-refractivity contribution is 0.607. The predicted octanol–water partition coefficient (Wildman–Crippen LogP) is 4.91. The predicted molar refractivity (Wildman–Crippen MR) is 89.9 cm³/mol. The Balaban J connectivity index is 1.93. The van der Waals surface area contributed by atoms with E-state index in [1.165, 1.54) is 54.9 Å². The van der Waals surface area contributed by atoms with Crippen molar-refractivity contribution in [3.8, 4) is 0 Å². The summed E-state index contributed by atoms with van der Waals surface area (Å²) < 4.78 is 0. The van der Waals surface area contributed by atoms with Gasteiger partial charge in [0.15, 0.2) is 0 Å². The highest BCUT2D eigenvalue weighted by Gasteiger charge is 2.01. The maximum absolute atomic E-state index is 5.88. The fourth-order valence-corrected chi connectivity index (χ4v) is 2.65. The number of hydrogen-bond acceptors (Lipinski definition) is 2. The standard InChI is InChI=1S/C18H26N2/c1-2-3-4-5-6-7-8-14-9-10-15-12-17(19)18(20)13-16(15)11-14/h9-13H,2-8,19-20H2,1H3. The minimum atomic E-state index is 0.668. The second kappa shape index (κ2) is 7.18. The van der Waals surface area contributed by atoms with Gasteiger partial charge >= 0.3 is 0 Å². The third-order valence-electron chi connectivity index (χ3n) is 3.93. The topological polar surface area (TPSA) is 52.0 Å². The smallest absolute Gasteiger partial charge is 0.0554 e. The Hall–Kier alpha value is -1.70. The first-order valence-electron chi connectivity index (χ1n) is 7.78. The van der Waals surface area contributed by atoms with Crippen LogP contribution in [-0.2, 0) is 6.42 Å². The van der Waals surface area contributed by atoms with Crippen LogP contribution in [0.1, 0.15) is 51.0 Å². The number of anilines is 2. The third-order valence-corrected chi connectivity index (χ3v) is 3.93. The van der Waals surface area contributed by atoms with Crippen molar-refractivity contribution in [3.63, 3.8) is 0 Å². The Kier molecular flexibility index (Phi) is 5.28. The van der Waals surface area contributed by atoms with E-state index in [2.05, 4.69) is 25.1 Å². The lowest BCUT2D eigenvalue weighted by atomic mass is 10.0. The zero-order valence-electron chi connectivity index (χ0n) is 12.5. The van der Waals surface area contributed by atoms with Crippen molar-refractivity contribution in [1.29, 1.82) is 0 Å². The minimum absolute atomic E-state index is 0.668. The van der Waals surface area contributed by atoms with Crippen molar-refractivity contribution in [2.24, 2.45) is 0 Å². The highest BCUT2D eigenvalue weighted by atomic mass is 14.7. The van der Waals surface area contributed by atoms with Gasteiger partial charge in [0.25, 0.3) is 0 Å². The van der Waals surface area contributed by atoms with E-state index in [1.54, 1.807) is 0 Å². The molecule has 4 N–H and O–H groups in total. The summed E-state index contributed by atoms with van der Waals surface area (Å²) in [5.41, 5.74) is 14.5. The molecule has 0 aliphatic rings. The number of nitrogen functional groups attached to an aromatic ring is 2. The average Bonchev–Trinajstić information content (AvgIpc) is 2.44. The molecule has 108 valence electrons. The quantitative estimate of drug-likeness (QED) is 0.555. The minimum Gasteiger partial charge on any atom is -0.397 e. The van der Waals surface area contributed by atoms with Gasteiger partial charge in [-0.25, -0.2) is 0 Å².